The Morgan fingerprint density at radius 3 is 2.84 bits per heavy atom. The third kappa shape index (κ3) is 4.63. The molecule has 19 heavy (non-hydrogen) atoms. The fourth-order valence-electron chi connectivity index (χ4n) is 2.96. The largest absolute Gasteiger partial charge is 0.310 e. The lowest BCUT2D eigenvalue weighted by atomic mass is 9.99. The average Bonchev–Trinajstić information content (AvgIpc) is 2.61. The molecule has 1 aromatic carbocycles. The molecule has 0 heterocycles. The number of benzene rings is 1. The van der Waals surface area contributed by atoms with Crippen LogP contribution in [0.3, 0.4) is 0 Å². The molecule has 2 rings (SSSR count). The third-order valence-electron chi connectivity index (χ3n) is 4.04. The Bertz CT molecular complexity index is 373. The maximum Gasteiger partial charge on any atom is 0.0322 e. The van der Waals surface area contributed by atoms with Gasteiger partial charge in [0, 0.05) is 6.04 Å². The molecule has 0 aliphatic heterocycles. The van der Waals surface area contributed by atoms with Crippen LogP contribution in [0.15, 0.2) is 24.3 Å². The zero-order valence-electron chi connectivity index (χ0n) is 12.5. The summed E-state index contributed by atoms with van der Waals surface area (Å²) in [5, 5.41) is 3.77. The first-order valence-corrected chi connectivity index (χ1v) is 7.73. The van der Waals surface area contributed by atoms with Gasteiger partial charge in [0.1, 0.15) is 0 Å². The summed E-state index contributed by atoms with van der Waals surface area (Å²) in [6.07, 6.45) is 7.81. The highest BCUT2D eigenvalue weighted by atomic mass is 15.0. The zero-order chi connectivity index (χ0) is 13.5. The Kier molecular flexibility index (Phi) is 5.87. The summed E-state index contributed by atoms with van der Waals surface area (Å²) in [4.78, 5) is 2.26. The smallest absolute Gasteiger partial charge is 0.0322 e. The van der Waals surface area contributed by atoms with Crippen LogP contribution in [-0.2, 0) is 6.42 Å². The Hall–Kier alpha value is -0.860. The number of nitrogens with zero attached hydrogens (tertiary/aromatic N) is 1. The van der Waals surface area contributed by atoms with Crippen LogP contribution in [0.2, 0.25) is 0 Å². The van der Waals surface area contributed by atoms with E-state index in [2.05, 4.69) is 48.6 Å². The minimum atomic E-state index is 0.582. The lowest BCUT2D eigenvalue weighted by Crippen LogP contribution is -2.23. The van der Waals surface area contributed by atoms with Gasteiger partial charge in [0.15, 0.2) is 0 Å². The summed E-state index contributed by atoms with van der Waals surface area (Å²) in [7, 11) is 4.30. The van der Waals surface area contributed by atoms with E-state index < -0.39 is 0 Å². The second-order valence-electron chi connectivity index (χ2n) is 5.96. The van der Waals surface area contributed by atoms with Crippen LogP contribution in [0.4, 0.5) is 0 Å². The molecule has 1 atom stereocenters. The Labute approximate surface area is 118 Å². The van der Waals surface area contributed by atoms with Gasteiger partial charge in [-0.2, -0.15) is 0 Å². The van der Waals surface area contributed by atoms with Gasteiger partial charge in [-0.3, -0.25) is 0 Å². The molecule has 1 aliphatic carbocycles. The van der Waals surface area contributed by atoms with E-state index in [-0.39, 0.29) is 0 Å². The van der Waals surface area contributed by atoms with Crippen molar-refractivity contribution in [3.8, 4) is 0 Å². The summed E-state index contributed by atoms with van der Waals surface area (Å²) in [6.45, 7) is 2.34. The van der Waals surface area contributed by atoms with Gasteiger partial charge in [0.25, 0.3) is 0 Å². The first-order chi connectivity index (χ1) is 9.27. The van der Waals surface area contributed by atoms with Crippen molar-refractivity contribution in [2.24, 2.45) is 0 Å². The van der Waals surface area contributed by atoms with Crippen molar-refractivity contribution in [3.63, 3.8) is 0 Å². The van der Waals surface area contributed by atoms with E-state index in [9.17, 15) is 0 Å². The van der Waals surface area contributed by atoms with Crippen LogP contribution in [0.5, 0.6) is 0 Å². The molecular formula is C17H28N2. The molecule has 0 bridgehead atoms. The van der Waals surface area contributed by atoms with Crippen molar-refractivity contribution in [2.45, 2.75) is 44.6 Å². The average molecular weight is 260 g/mol. The van der Waals surface area contributed by atoms with Gasteiger partial charge in [-0.05, 0) is 70.4 Å². The first kappa shape index (κ1) is 14.5. The van der Waals surface area contributed by atoms with Crippen LogP contribution in [0, 0.1) is 0 Å². The molecule has 1 N–H and O–H groups in total. The Balaban J connectivity index is 1.83. The molecule has 1 aromatic rings. The molecule has 0 fully saturated rings. The molecule has 0 saturated carbocycles. The number of rotatable bonds is 6. The Morgan fingerprint density at radius 2 is 2.00 bits per heavy atom. The van der Waals surface area contributed by atoms with E-state index in [0.29, 0.717) is 6.04 Å². The van der Waals surface area contributed by atoms with Crippen molar-refractivity contribution in [2.75, 3.05) is 27.2 Å². The zero-order valence-corrected chi connectivity index (χ0v) is 12.5. The minimum Gasteiger partial charge on any atom is -0.310 e. The summed E-state index contributed by atoms with van der Waals surface area (Å²) < 4.78 is 0. The SMILES string of the molecule is CN(C)CCCCNC1CCCCc2ccccc21. The van der Waals surface area contributed by atoms with Crippen molar-refractivity contribution >= 4 is 0 Å². The maximum absolute atomic E-state index is 3.77. The van der Waals surface area contributed by atoms with Gasteiger partial charge in [0.2, 0.25) is 0 Å². The van der Waals surface area contributed by atoms with Gasteiger partial charge in [0.05, 0.1) is 0 Å². The highest BCUT2D eigenvalue weighted by molar-refractivity contribution is 5.31. The number of nitrogens with one attached hydrogen (secondary N) is 1. The molecule has 1 aliphatic rings. The highest BCUT2D eigenvalue weighted by Crippen LogP contribution is 2.28. The second-order valence-corrected chi connectivity index (χ2v) is 5.96. The van der Waals surface area contributed by atoms with E-state index in [1.807, 2.05) is 0 Å². The molecule has 2 nitrogen and oxygen atoms in total. The van der Waals surface area contributed by atoms with E-state index in [4.69, 9.17) is 0 Å². The molecular weight excluding hydrogens is 232 g/mol. The first-order valence-electron chi connectivity index (χ1n) is 7.73. The topological polar surface area (TPSA) is 15.3 Å². The van der Waals surface area contributed by atoms with Crippen molar-refractivity contribution in [1.29, 1.82) is 0 Å². The normalized spacial score (nSPS) is 19.2. The summed E-state index contributed by atoms with van der Waals surface area (Å²) in [6, 6.07) is 9.57. The number of aryl methyl sites for hydroxylation is 1. The molecule has 1 unspecified atom stereocenters. The van der Waals surface area contributed by atoms with Crippen molar-refractivity contribution in [1.82, 2.24) is 10.2 Å². The van der Waals surface area contributed by atoms with Crippen LogP contribution in [0.25, 0.3) is 0 Å². The quantitative estimate of drug-likeness (QED) is 0.623. The van der Waals surface area contributed by atoms with E-state index in [0.717, 1.165) is 6.54 Å². The van der Waals surface area contributed by atoms with E-state index >= 15 is 0 Å². The highest BCUT2D eigenvalue weighted by Gasteiger charge is 2.17. The molecule has 0 radical (unpaired) electrons. The summed E-state index contributed by atoms with van der Waals surface area (Å²) >= 11 is 0. The predicted octanol–water partition coefficient (Wildman–Crippen LogP) is 3.39. The molecule has 0 spiro atoms. The molecule has 0 aromatic heterocycles. The second kappa shape index (κ2) is 7.66. The van der Waals surface area contributed by atoms with E-state index in [1.165, 1.54) is 45.1 Å². The van der Waals surface area contributed by atoms with E-state index in [1.54, 1.807) is 11.1 Å². The van der Waals surface area contributed by atoms with Gasteiger partial charge >= 0.3 is 0 Å². The lowest BCUT2D eigenvalue weighted by Gasteiger charge is -2.19. The molecule has 106 valence electrons. The van der Waals surface area contributed by atoms with Crippen molar-refractivity contribution < 1.29 is 0 Å². The summed E-state index contributed by atoms with van der Waals surface area (Å²) in [5.74, 6) is 0. The number of unbranched alkanes of at least 4 members (excludes halogenated alkanes) is 1. The van der Waals surface area contributed by atoms with Gasteiger partial charge in [-0.15, -0.1) is 0 Å². The monoisotopic (exact) mass is 260 g/mol. The minimum absolute atomic E-state index is 0.582. The number of fused-ring (bicyclic) bond motifs is 1. The molecule has 2 heteroatoms. The number of hydrogen-bond acceptors (Lipinski definition) is 2. The van der Waals surface area contributed by atoms with Crippen molar-refractivity contribution in [3.05, 3.63) is 35.4 Å². The van der Waals surface area contributed by atoms with Gasteiger partial charge < -0.3 is 10.2 Å². The van der Waals surface area contributed by atoms with Crippen LogP contribution >= 0.6 is 0 Å². The molecule has 0 amide bonds. The maximum atomic E-state index is 3.77. The number of hydrogen-bond donors (Lipinski definition) is 1. The van der Waals surface area contributed by atoms with Gasteiger partial charge in [-0.25, -0.2) is 0 Å². The van der Waals surface area contributed by atoms with Crippen LogP contribution < -0.4 is 5.32 Å². The molecule has 0 saturated heterocycles. The van der Waals surface area contributed by atoms with Crippen LogP contribution in [0.1, 0.15) is 49.3 Å². The third-order valence-corrected chi connectivity index (χ3v) is 4.04. The fourth-order valence-corrected chi connectivity index (χ4v) is 2.96. The standard InChI is InChI=1S/C17H28N2/c1-19(2)14-8-7-13-18-17-12-6-4-10-15-9-3-5-11-16(15)17/h3,5,9,11,17-18H,4,6-8,10,12-14H2,1-2H3. The fraction of sp³-hybridized carbons (Fsp3) is 0.647. The summed E-state index contributed by atoms with van der Waals surface area (Å²) in [5.41, 5.74) is 3.11. The Morgan fingerprint density at radius 1 is 1.16 bits per heavy atom. The predicted molar refractivity (Wildman–Crippen MR) is 82.5 cm³/mol. The lowest BCUT2D eigenvalue weighted by molar-refractivity contribution is 0.385. The van der Waals surface area contributed by atoms with Crippen LogP contribution in [-0.4, -0.2) is 32.1 Å². The van der Waals surface area contributed by atoms with Gasteiger partial charge in [-0.1, -0.05) is 30.7 Å².